The number of ether oxygens (including phenoxy) is 1. The Balaban J connectivity index is 1.76. The summed E-state index contributed by atoms with van der Waals surface area (Å²) in [6.45, 7) is 5.10. The first kappa shape index (κ1) is 21.2. The summed E-state index contributed by atoms with van der Waals surface area (Å²) in [7, 11) is 0. The smallest absolute Gasteiger partial charge is 0.330 e. The minimum atomic E-state index is -0.497. The highest BCUT2D eigenvalue weighted by Crippen LogP contribution is 2.31. The van der Waals surface area contributed by atoms with Crippen LogP contribution in [0.1, 0.15) is 29.5 Å². The quantitative estimate of drug-likeness (QED) is 0.491. The number of aromatic hydroxyl groups is 1. The first-order valence-corrected chi connectivity index (χ1v) is 11.1. The van der Waals surface area contributed by atoms with Gasteiger partial charge in [-0.1, -0.05) is 30.3 Å². The molecule has 1 fully saturated rings. The van der Waals surface area contributed by atoms with Crippen LogP contribution < -0.4 is 11.2 Å². The molecule has 1 aliphatic heterocycles. The Kier molecular flexibility index (Phi) is 5.38. The van der Waals surface area contributed by atoms with Gasteiger partial charge in [-0.05, 0) is 55.5 Å². The number of nitrogens with zero attached hydrogens (tertiary/aromatic N) is 3. The number of imidazole rings is 1. The number of rotatable bonds is 5. The fourth-order valence-electron chi connectivity index (χ4n) is 4.56. The summed E-state index contributed by atoms with van der Waals surface area (Å²) in [4.78, 5) is 33.1. The minimum absolute atomic E-state index is 0.0330. The SMILES string of the molecule is Cc1cc(-c2nc3c(c(=O)[nH]c(=O)n3Cc3ccccc3)n2C[C@@H]2CCCO2)cc(C)c1O. The van der Waals surface area contributed by atoms with Crippen LogP contribution in [-0.4, -0.2) is 36.9 Å². The van der Waals surface area contributed by atoms with Gasteiger partial charge < -0.3 is 14.4 Å². The summed E-state index contributed by atoms with van der Waals surface area (Å²) in [5.74, 6) is 0.809. The molecule has 33 heavy (non-hydrogen) atoms. The van der Waals surface area contributed by atoms with Crippen molar-refractivity contribution in [3.8, 4) is 17.1 Å². The standard InChI is InChI=1S/C25H26N4O4/c1-15-11-18(12-16(2)21(15)30)22-26-23-20(28(22)14-19-9-6-10-33-19)24(31)27-25(32)29(23)13-17-7-4-3-5-8-17/h3-5,7-8,11-12,19,30H,6,9-10,13-14H2,1-2H3,(H,27,31,32)/t19-/m0/s1. The van der Waals surface area contributed by atoms with Crippen LogP contribution in [0.3, 0.4) is 0 Å². The van der Waals surface area contributed by atoms with Crippen LogP contribution >= 0.6 is 0 Å². The number of hydrogen-bond acceptors (Lipinski definition) is 5. The number of hydrogen-bond donors (Lipinski definition) is 2. The number of fused-ring (bicyclic) bond motifs is 1. The lowest BCUT2D eigenvalue weighted by Gasteiger charge is -2.15. The summed E-state index contributed by atoms with van der Waals surface area (Å²) >= 11 is 0. The molecule has 0 amide bonds. The molecule has 0 spiro atoms. The fraction of sp³-hybridized carbons (Fsp3) is 0.320. The molecular formula is C25H26N4O4. The van der Waals surface area contributed by atoms with E-state index in [1.54, 1.807) is 0 Å². The molecule has 4 aromatic rings. The maximum absolute atomic E-state index is 13.0. The van der Waals surface area contributed by atoms with Gasteiger partial charge in [-0.15, -0.1) is 0 Å². The Bertz CT molecular complexity index is 1420. The van der Waals surface area contributed by atoms with E-state index in [2.05, 4.69) is 4.98 Å². The highest BCUT2D eigenvalue weighted by atomic mass is 16.5. The van der Waals surface area contributed by atoms with Crippen molar-refractivity contribution in [1.29, 1.82) is 0 Å². The summed E-state index contributed by atoms with van der Waals surface area (Å²) < 4.78 is 9.21. The second-order valence-corrected chi connectivity index (χ2v) is 8.64. The highest BCUT2D eigenvalue weighted by Gasteiger charge is 2.24. The van der Waals surface area contributed by atoms with E-state index in [9.17, 15) is 14.7 Å². The normalized spacial score (nSPS) is 16.0. The maximum atomic E-state index is 13.0. The zero-order chi connectivity index (χ0) is 23.1. The molecule has 2 aromatic carbocycles. The third kappa shape index (κ3) is 3.87. The number of nitrogens with one attached hydrogen (secondary N) is 1. The van der Waals surface area contributed by atoms with Crippen molar-refractivity contribution in [2.24, 2.45) is 0 Å². The summed E-state index contributed by atoms with van der Waals surface area (Å²) in [5.41, 5.74) is 2.86. The lowest BCUT2D eigenvalue weighted by atomic mass is 10.1. The Labute approximate surface area is 190 Å². The molecule has 0 radical (unpaired) electrons. The van der Waals surface area contributed by atoms with Crippen molar-refractivity contribution in [3.63, 3.8) is 0 Å². The van der Waals surface area contributed by atoms with Gasteiger partial charge >= 0.3 is 5.69 Å². The average molecular weight is 447 g/mol. The van der Waals surface area contributed by atoms with Gasteiger partial charge in [-0.25, -0.2) is 9.78 Å². The molecule has 5 rings (SSSR count). The van der Waals surface area contributed by atoms with Crippen LogP contribution in [0.2, 0.25) is 0 Å². The number of aromatic amines is 1. The predicted molar refractivity (Wildman–Crippen MR) is 126 cm³/mol. The Hall–Kier alpha value is -3.65. The third-order valence-corrected chi connectivity index (χ3v) is 6.23. The largest absolute Gasteiger partial charge is 0.507 e. The number of phenolic OH excluding ortho intramolecular Hbond substituents is 1. The van der Waals surface area contributed by atoms with Crippen LogP contribution in [0.15, 0.2) is 52.1 Å². The predicted octanol–water partition coefficient (Wildman–Crippen LogP) is 3.10. The third-order valence-electron chi connectivity index (χ3n) is 6.23. The van der Waals surface area contributed by atoms with E-state index < -0.39 is 11.2 Å². The minimum Gasteiger partial charge on any atom is -0.507 e. The van der Waals surface area contributed by atoms with Gasteiger partial charge in [0.1, 0.15) is 11.6 Å². The van der Waals surface area contributed by atoms with Gasteiger partial charge in [0.2, 0.25) is 0 Å². The van der Waals surface area contributed by atoms with Crippen LogP contribution in [0.5, 0.6) is 5.75 Å². The summed E-state index contributed by atoms with van der Waals surface area (Å²) in [5, 5.41) is 10.3. The monoisotopic (exact) mass is 446 g/mol. The second-order valence-electron chi connectivity index (χ2n) is 8.64. The lowest BCUT2D eigenvalue weighted by molar-refractivity contribution is 0.0982. The van der Waals surface area contributed by atoms with Crippen molar-refractivity contribution in [2.75, 3.05) is 6.61 Å². The second kappa shape index (κ2) is 8.37. The van der Waals surface area contributed by atoms with E-state index >= 15 is 0 Å². The average Bonchev–Trinajstić information content (AvgIpc) is 3.44. The number of aromatic nitrogens is 4. The van der Waals surface area contributed by atoms with E-state index in [0.717, 1.165) is 35.1 Å². The van der Waals surface area contributed by atoms with E-state index in [-0.39, 0.29) is 18.4 Å². The number of phenols is 1. The van der Waals surface area contributed by atoms with Crippen molar-refractivity contribution in [2.45, 2.75) is 45.9 Å². The first-order chi connectivity index (χ1) is 15.9. The molecule has 1 aliphatic rings. The Morgan fingerprint density at radius 2 is 1.85 bits per heavy atom. The van der Waals surface area contributed by atoms with E-state index in [0.29, 0.717) is 30.1 Å². The Morgan fingerprint density at radius 3 is 2.52 bits per heavy atom. The van der Waals surface area contributed by atoms with Gasteiger partial charge in [0.25, 0.3) is 5.56 Å². The van der Waals surface area contributed by atoms with Crippen LogP contribution in [-0.2, 0) is 17.8 Å². The molecular weight excluding hydrogens is 420 g/mol. The topological polar surface area (TPSA) is 102 Å². The zero-order valence-corrected chi connectivity index (χ0v) is 18.7. The molecule has 0 saturated carbocycles. The van der Waals surface area contributed by atoms with Crippen molar-refractivity contribution >= 4 is 11.2 Å². The van der Waals surface area contributed by atoms with Crippen LogP contribution in [0.4, 0.5) is 0 Å². The summed E-state index contributed by atoms with van der Waals surface area (Å²) in [6, 6.07) is 13.3. The van der Waals surface area contributed by atoms with Crippen LogP contribution in [0.25, 0.3) is 22.6 Å². The summed E-state index contributed by atoms with van der Waals surface area (Å²) in [6.07, 6.45) is 1.84. The van der Waals surface area contributed by atoms with E-state index in [1.807, 2.05) is 60.9 Å². The number of aryl methyl sites for hydroxylation is 2. The fourth-order valence-corrected chi connectivity index (χ4v) is 4.56. The zero-order valence-electron chi connectivity index (χ0n) is 18.7. The molecule has 3 heterocycles. The first-order valence-electron chi connectivity index (χ1n) is 11.1. The molecule has 170 valence electrons. The van der Waals surface area contributed by atoms with Gasteiger partial charge in [-0.3, -0.25) is 14.3 Å². The van der Waals surface area contributed by atoms with E-state index in [1.165, 1.54) is 4.57 Å². The molecule has 8 heteroatoms. The lowest BCUT2D eigenvalue weighted by Crippen LogP contribution is -2.32. The molecule has 2 aromatic heterocycles. The molecule has 8 nitrogen and oxygen atoms in total. The molecule has 0 bridgehead atoms. The molecule has 1 saturated heterocycles. The Morgan fingerprint density at radius 1 is 1.12 bits per heavy atom. The van der Waals surface area contributed by atoms with Gasteiger partial charge in [0.05, 0.1) is 19.2 Å². The van der Waals surface area contributed by atoms with Gasteiger partial charge in [0.15, 0.2) is 11.2 Å². The number of benzene rings is 2. The highest BCUT2D eigenvalue weighted by molar-refractivity contribution is 5.77. The van der Waals surface area contributed by atoms with Crippen molar-refractivity contribution in [3.05, 3.63) is 80.0 Å². The molecule has 2 N–H and O–H groups in total. The maximum Gasteiger partial charge on any atom is 0.330 e. The number of H-pyrrole nitrogens is 1. The van der Waals surface area contributed by atoms with Crippen LogP contribution in [0, 0.1) is 13.8 Å². The van der Waals surface area contributed by atoms with Gasteiger partial charge in [-0.2, -0.15) is 0 Å². The molecule has 0 unspecified atom stereocenters. The van der Waals surface area contributed by atoms with Gasteiger partial charge in [0, 0.05) is 12.2 Å². The molecule has 0 aliphatic carbocycles. The van der Waals surface area contributed by atoms with Crippen molar-refractivity contribution in [1.82, 2.24) is 19.1 Å². The van der Waals surface area contributed by atoms with E-state index in [4.69, 9.17) is 9.72 Å². The van der Waals surface area contributed by atoms with Crippen molar-refractivity contribution < 1.29 is 9.84 Å². The molecule has 1 atom stereocenters.